The lowest BCUT2D eigenvalue weighted by atomic mass is 10.0. The summed E-state index contributed by atoms with van der Waals surface area (Å²) in [4.78, 5) is 2.57. The van der Waals surface area contributed by atoms with Crippen molar-refractivity contribution in [3.8, 4) is 0 Å². The van der Waals surface area contributed by atoms with Crippen LogP contribution in [0, 0.1) is 12.8 Å². The van der Waals surface area contributed by atoms with Gasteiger partial charge in [0.05, 0.1) is 16.4 Å². The molecule has 0 aromatic carbocycles. The van der Waals surface area contributed by atoms with E-state index in [-0.39, 0.29) is 0 Å². The van der Waals surface area contributed by atoms with Gasteiger partial charge in [0.1, 0.15) is 0 Å². The summed E-state index contributed by atoms with van der Waals surface area (Å²) >= 11 is 6.40. The SMILES string of the molecule is Cc1nn(C)c(CN2CCCCC2CNCC(C)C)c1Cl. The number of hydrogen-bond donors (Lipinski definition) is 1. The van der Waals surface area contributed by atoms with Crippen LogP contribution >= 0.6 is 11.6 Å². The number of likely N-dealkylation sites (tertiary alicyclic amines) is 1. The minimum atomic E-state index is 0.615. The van der Waals surface area contributed by atoms with Crippen LogP contribution in [-0.2, 0) is 13.6 Å². The van der Waals surface area contributed by atoms with E-state index >= 15 is 0 Å². The summed E-state index contributed by atoms with van der Waals surface area (Å²) < 4.78 is 1.94. The highest BCUT2D eigenvalue weighted by atomic mass is 35.5. The first-order valence-electron chi connectivity index (χ1n) is 8.11. The van der Waals surface area contributed by atoms with Crippen molar-refractivity contribution >= 4 is 11.6 Å². The van der Waals surface area contributed by atoms with E-state index in [0.717, 1.165) is 42.6 Å². The number of nitrogens with one attached hydrogen (secondary N) is 1. The largest absolute Gasteiger partial charge is 0.315 e. The van der Waals surface area contributed by atoms with Crippen molar-refractivity contribution < 1.29 is 0 Å². The van der Waals surface area contributed by atoms with Gasteiger partial charge in [0.15, 0.2) is 0 Å². The van der Waals surface area contributed by atoms with Crippen molar-refractivity contribution in [3.05, 3.63) is 16.4 Å². The zero-order chi connectivity index (χ0) is 15.4. The standard InChI is InChI=1S/C16H29ClN4/c1-12(2)9-18-10-14-7-5-6-8-21(14)11-15-16(17)13(3)19-20(15)4/h12,14,18H,5-11H2,1-4H3. The molecule has 1 aliphatic heterocycles. The van der Waals surface area contributed by atoms with Crippen molar-refractivity contribution in [1.29, 1.82) is 0 Å². The molecule has 1 aliphatic rings. The lowest BCUT2D eigenvalue weighted by Crippen LogP contribution is -2.45. The maximum Gasteiger partial charge on any atom is 0.0860 e. The molecule has 1 aromatic heterocycles. The Labute approximate surface area is 133 Å². The molecular formula is C16H29ClN4. The van der Waals surface area contributed by atoms with Crippen molar-refractivity contribution in [3.63, 3.8) is 0 Å². The number of aromatic nitrogens is 2. The van der Waals surface area contributed by atoms with E-state index in [1.54, 1.807) is 0 Å². The molecule has 0 aliphatic carbocycles. The molecule has 1 saturated heterocycles. The van der Waals surface area contributed by atoms with E-state index in [2.05, 4.69) is 29.2 Å². The van der Waals surface area contributed by atoms with Gasteiger partial charge in [-0.25, -0.2) is 0 Å². The highest BCUT2D eigenvalue weighted by Gasteiger charge is 2.24. The lowest BCUT2D eigenvalue weighted by Gasteiger charge is -2.36. The Kier molecular flexibility index (Phi) is 6.08. The van der Waals surface area contributed by atoms with Gasteiger partial charge in [-0.2, -0.15) is 5.10 Å². The molecule has 0 saturated carbocycles. The Morgan fingerprint density at radius 3 is 2.76 bits per heavy atom. The average molecular weight is 313 g/mol. The molecule has 0 radical (unpaired) electrons. The highest BCUT2D eigenvalue weighted by Crippen LogP contribution is 2.24. The monoisotopic (exact) mass is 312 g/mol. The van der Waals surface area contributed by atoms with E-state index in [0.29, 0.717) is 12.0 Å². The molecule has 0 bridgehead atoms. The normalized spacial score (nSPS) is 20.4. The summed E-state index contributed by atoms with van der Waals surface area (Å²) in [5, 5.41) is 8.87. The first-order valence-corrected chi connectivity index (χ1v) is 8.49. The smallest absolute Gasteiger partial charge is 0.0860 e. The second kappa shape index (κ2) is 7.61. The molecule has 21 heavy (non-hydrogen) atoms. The Hall–Kier alpha value is -0.580. The van der Waals surface area contributed by atoms with Gasteiger partial charge in [-0.3, -0.25) is 9.58 Å². The number of hydrogen-bond acceptors (Lipinski definition) is 3. The third-order valence-corrected chi connectivity index (χ3v) is 4.79. The molecule has 1 unspecified atom stereocenters. The summed E-state index contributed by atoms with van der Waals surface area (Å²) in [6, 6.07) is 0.615. The lowest BCUT2D eigenvalue weighted by molar-refractivity contribution is 0.133. The summed E-state index contributed by atoms with van der Waals surface area (Å²) in [6.07, 6.45) is 3.90. The fourth-order valence-electron chi connectivity index (χ4n) is 3.08. The second-order valence-electron chi connectivity index (χ2n) is 6.64. The Morgan fingerprint density at radius 1 is 1.38 bits per heavy atom. The molecule has 1 atom stereocenters. The van der Waals surface area contributed by atoms with Crippen LogP contribution in [-0.4, -0.2) is 40.4 Å². The maximum atomic E-state index is 6.40. The van der Waals surface area contributed by atoms with E-state index in [4.69, 9.17) is 11.6 Å². The zero-order valence-electron chi connectivity index (χ0n) is 13.8. The van der Waals surface area contributed by atoms with Gasteiger partial charge in [0.25, 0.3) is 0 Å². The topological polar surface area (TPSA) is 33.1 Å². The van der Waals surface area contributed by atoms with Crippen LogP contribution in [0.3, 0.4) is 0 Å². The Balaban J connectivity index is 1.98. The number of aryl methyl sites for hydroxylation is 2. The van der Waals surface area contributed by atoms with Crippen LogP contribution in [0.1, 0.15) is 44.5 Å². The van der Waals surface area contributed by atoms with Crippen LogP contribution in [0.4, 0.5) is 0 Å². The highest BCUT2D eigenvalue weighted by molar-refractivity contribution is 6.31. The quantitative estimate of drug-likeness (QED) is 0.876. The van der Waals surface area contributed by atoms with Gasteiger partial charge < -0.3 is 5.32 Å². The predicted octanol–water partition coefficient (Wildman–Crippen LogP) is 2.98. The van der Waals surface area contributed by atoms with E-state index in [1.807, 2.05) is 18.7 Å². The van der Waals surface area contributed by atoms with Gasteiger partial charge >= 0.3 is 0 Å². The van der Waals surface area contributed by atoms with Gasteiger partial charge in [-0.1, -0.05) is 31.9 Å². The molecule has 0 amide bonds. The number of rotatable bonds is 6. The predicted molar refractivity (Wildman–Crippen MR) is 88.7 cm³/mol. The van der Waals surface area contributed by atoms with E-state index < -0.39 is 0 Å². The van der Waals surface area contributed by atoms with Crippen molar-refractivity contribution in [2.45, 2.75) is 52.6 Å². The average Bonchev–Trinajstić information content (AvgIpc) is 2.67. The molecule has 0 spiro atoms. The van der Waals surface area contributed by atoms with Crippen LogP contribution < -0.4 is 5.32 Å². The van der Waals surface area contributed by atoms with Gasteiger partial charge in [-0.15, -0.1) is 0 Å². The van der Waals surface area contributed by atoms with E-state index in [1.165, 1.54) is 19.3 Å². The summed E-state index contributed by atoms with van der Waals surface area (Å²) in [5.41, 5.74) is 2.07. The van der Waals surface area contributed by atoms with Crippen molar-refractivity contribution in [1.82, 2.24) is 20.0 Å². The molecular weight excluding hydrogens is 284 g/mol. The zero-order valence-corrected chi connectivity index (χ0v) is 14.6. The van der Waals surface area contributed by atoms with Gasteiger partial charge in [-0.05, 0) is 38.8 Å². The molecule has 120 valence electrons. The second-order valence-corrected chi connectivity index (χ2v) is 7.02. The third kappa shape index (κ3) is 4.44. The molecule has 1 aromatic rings. The van der Waals surface area contributed by atoms with Crippen LogP contribution in [0.15, 0.2) is 0 Å². The summed E-state index contributed by atoms with van der Waals surface area (Å²) in [7, 11) is 1.99. The summed E-state index contributed by atoms with van der Waals surface area (Å²) in [6.45, 7) is 10.7. The minimum Gasteiger partial charge on any atom is -0.315 e. The molecule has 2 heterocycles. The van der Waals surface area contributed by atoms with Crippen LogP contribution in [0.25, 0.3) is 0 Å². The van der Waals surface area contributed by atoms with Crippen LogP contribution in [0.5, 0.6) is 0 Å². The summed E-state index contributed by atoms with van der Waals surface area (Å²) in [5.74, 6) is 0.705. The Morgan fingerprint density at radius 2 is 2.14 bits per heavy atom. The Bertz CT molecular complexity index is 455. The molecule has 1 fully saturated rings. The molecule has 1 N–H and O–H groups in total. The van der Waals surface area contributed by atoms with E-state index in [9.17, 15) is 0 Å². The first kappa shape index (κ1) is 16.8. The van der Waals surface area contributed by atoms with Crippen molar-refractivity contribution in [2.75, 3.05) is 19.6 Å². The molecule has 2 rings (SSSR count). The van der Waals surface area contributed by atoms with Crippen LogP contribution in [0.2, 0.25) is 5.02 Å². The van der Waals surface area contributed by atoms with Gasteiger partial charge in [0, 0.05) is 26.2 Å². The fourth-order valence-corrected chi connectivity index (χ4v) is 3.30. The number of nitrogens with zero attached hydrogens (tertiary/aromatic N) is 3. The molecule has 5 heteroatoms. The first-order chi connectivity index (χ1) is 9.99. The molecule has 4 nitrogen and oxygen atoms in total. The van der Waals surface area contributed by atoms with Crippen molar-refractivity contribution in [2.24, 2.45) is 13.0 Å². The fraction of sp³-hybridized carbons (Fsp3) is 0.812. The number of halogens is 1. The van der Waals surface area contributed by atoms with Gasteiger partial charge in [0.2, 0.25) is 0 Å². The maximum absolute atomic E-state index is 6.40. The minimum absolute atomic E-state index is 0.615. The number of piperidine rings is 1. The third-order valence-electron chi connectivity index (χ3n) is 4.30.